The number of carbonyl (C=O) groups is 3. The van der Waals surface area contributed by atoms with Gasteiger partial charge in [-0.3, -0.25) is 24.6 Å². The molecule has 1 aromatic carbocycles. The maximum atomic E-state index is 13.1. The maximum Gasteiger partial charge on any atom is 0.323 e. The van der Waals surface area contributed by atoms with Crippen molar-refractivity contribution < 1.29 is 24.6 Å². The zero-order chi connectivity index (χ0) is 22.6. The van der Waals surface area contributed by atoms with E-state index in [4.69, 9.17) is 0 Å². The van der Waals surface area contributed by atoms with E-state index in [9.17, 15) is 24.6 Å². The molecule has 32 heavy (non-hydrogen) atoms. The highest BCUT2D eigenvalue weighted by Crippen LogP contribution is 2.34. The number of carboxylic acids is 2. The standard InChI is InChI=1S/C23H34N2O5S.ClH/c1-2-3-4-5-6-7-8-9-12-17(23(29)30)24-18-16-31-20-14-11-10-13-19(20)25(22(18)28)15-21(26)27;/h10-11,13-14,17-18,24H,2-9,12,15-16H2,1H3,(H,26,27)(H,29,30);1H. The number of halogens is 1. The molecule has 1 aliphatic heterocycles. The molecule has 2 unspecified atom stereocenters. The van der Waals surface area contributed by atoms with Crippen molar-refractivity contribution >= 4 is 47.7 Å². The van der Waals surface area contributed by atoms with Crippen molar-refractivity contribution in [1.82, 2.24) is 5.32 Å². The number of thioether (sulfide) groups is 1. The van der Waals surface area contributed by atoms with Gasteiger partial charge in [-0.15, -0.1) is 24.2 Å². The Morgan fingerprint density at radius 2 is 1.72 bits per heavy atom. The van der Waals surface area contributed by atoms with Crippen LogP contribution in [-0.4, -0.2) is 52.4 Å². The quantitative estimate of drug-likeness (QED) is 0.330. The number of fused-ring (bicyclic) bond motifs is 1. The molecular formula is C23H35ClN2O5S. The van der Waals surface area contributed by atoms with Crippen LogP contribution in [0.1, 0.15) is 64.7 Å². The van der Waals surface area contributed by atoms with Crippen LogP contribution < -0.4 is 10.2 Å². The molecule has 0 bridgehead atoms. The smallest absolute Gasteiger partial charge is 0.323 e. The average Bonchev–Trinajstić information content (AvgIpc) is 2.86. The molecule has 0 fully saturated rings. The molecule has 0 aliphatic carbocycles. The van der Waals surface area contributed by atoms with Crippen molar-refractivity contribution in [1.29, 1.82) is 0 Å². The first-order chi connectivity index (χ1) is 14.9. The predicted molar refractivity (Wildman–Crippen MR) is 130 cm³/mol. The van der Waals surface area contributed by atoms with Crippen molar-refractivity contribution in [2.24, 2.45) is 0 Å². The number of nitrogens with zero attached hydrogens (tertiary/aromatic N) is 1. The second-order valence-electron chi connectivity index (χ2n) is 7.97. The zero-order valence-corrected chi connectivity index (χ0v) is 20.3. The first kappa shape index (κ1) is 28.3. The van der Waals surface area contributed by atoms with Gasteiger partial charge in [0.1, 0.15) is 12.6 Å². The van der Waals surface area contributed by atoms with Crippen LogP contribution in [0.25, 0.3) is 0 Å². The number of nitrogens with one attached hydrogen (secondary N) is 1. The van der Waals surface area contributed by atoms with Gasteiger partial charge in [0.05, 0.1) is 11.7 Å². The molecule has 3 N–H and O–H groups in total. The van der Waals surface area contributed by atoms with E-state index in [-0.39, 0.29) is 12.4 Å². The molecule has 0 radical (unpaired) electrons. The number of hydrogen-bond acceptors (Lipinski definition) is 5. The third kappa shape index (κ3) is 9.00. The number of carboxylic acid groups (broad SMARTS) is 2. The van der Waals surface area contributed by atoms with Crippen molar-refractivity contribution in [2.75, 3.05) is 17.2 Å². The molecule has 1 aromatic rings. The van der Waals surface area contributed by atoms with Crippen molar-refractivity contribution in [2.45, 2.75) is 81.7 Å². The van der Waals surface area contributed by atoms with E-state index in [1.807, 2.05) is 12.1 Å². The Kier molecular flexibility index (Phi) is 13.4. The highest BCUT2D eigenvalue weighted by molar-refractivity contribution is 7.99. The number of benzene rings is 1. The molecule has 1 aliphatic rings. The van der Waals surface area contributed by atoms with Gasteiger partial charge in [-0.25, -0.2) is 0 Å². The second kappa shape index (κ2) is 15.1. The van der Waals surface area contributed by atoms with Crippen LogP contribution in [0.15, 0.2) is 29.2 Å². The molecular weight excluding hydrogens is 452 g/mol. The SMILES string of the molecule is CCCCCCCCCCC(NC1CSc2ccccc2N(CC(=O)O)C1=O)C(=O)O.Cl. The first-order valence-electron chi connectivity index (χ1n) is 11.2. The Bertz CT molecular complexity index is 749. The minimum absolute atomic E-state index is 0. The van der Waals surface area contributed by atoms with Crippen LogP contribution in [0.3, 0.4) is 0 Å². The Labute approximate surface area is 200 Å². The van der Waals surface area contributed by atoms with Crippen LogP contribution >= 0.6 is 24.2 Å². The summed E-state index contributed by atoms with van der Waals surface area (Å²) in [5, 5.41) is 21.9. The first-order valence-corrected chi connectivity index (χ1v) is 12.2. The van der Waals surface area contributed by atoms with Crippen LogP contribution in [0.2, 0.25) is 0 Å². The molecule has 2 rings (SSSR count). The lowest BCUT2D eigenvalue weighted by molar-refractivity contribution is -0.140. The number of para-hydroxylation sites is 1. The monoisotopic (exact) mass is 486 g/mol. The lowest BCUT2D eigenvalue weighted by Crippen LogP contribution is -2.53. The van der Waals surface area contributed by atoms with Gasteiger partial charge in [0.25, 0.3) is 0 Å². The summed E-state index contributed by atoms with van der Waals surface area (Å²) in [5.74, 6) is -2.13. The topological polar surface area (TPSA) is 107 Å². The molecule has 2 atom stereocenters. The minimum atomic E-state index is -1.11. The summed E-state index contributed by atoms with van der Waals surface area (Å²) in [6.07, 6.45) is 9.44. The molecule has 0 spiro atoms. The van der Waals surface area contributed by atoms with Crippen molar-refractivity contribution in [3.63, 3.8) is 0 Å². The predicted octanol–water partition coefficient (Wildman–Crippen LogP) is 4.57. The van der Waals surface area contributed by atoms with E-state index in [1.54, 1.807) is 12.1 Å². The molecule has 0 aromatic heterocycles. The number of aliphatic carboxylic acids is 2. The number of anilines is 1. The van der Waals surface area contributed by atoms with Crippen molar-refractivity contribution in [3.05, 3.63) is 24.3 Å². The molecule has 1 amide bonds. The fourth-order valence-corrected chi connectivity index (χ4v) is 4.86. The molecule has 1 heterocycles. The van der Waals surface area contributed by atoms with Crippen LogP contribution in [-0.2, 0) is 14.4 Å². The Morgan fingerprint density at radius 1 is 1.09 bits per heavy atom. The largest absolute Gasteiger partial charge is 0.480 e. The molecule has 0 saturated carbocycles. The minimum Gasteiger partial charge on any atom is -0.480 e. The summed E-state index contributed by atoms with van der Waals surface area (Å²) >= 11 is 1.44. The Morgan fingerprint density at radius 3 is 2.34 bits per heavy atom. The highest BCUT2D eigenvalue weighted by atomic mass is 35.5. The van der Waals surface area contributed by atoms with E-state index in [0.29, 0.717) is 17.9 Å². The molecule has 7 nitrogen and oxygen atoms in total. The van der Waals surface area contributed by atoms with Crippen LogP contribution in [0.4, 0.5) is 5.69 Å². The normalized spacial score (nSPS) is 16.6. The van der Waals surface area contributed by atoms with Gasteiger partial charge in [0.2, 0.25) is 5.91 Å². The van der Waals surface area contributed by atoms with Crippen LogP contribution in [0, 0.1) is 0 Å². The Hall–Kier alpha value is -1.77. The molecule has 0 saturated heterocycles. The number of hydrogen-bond donors (Lipinski definition) is 3. The fourth-order valence-electron chi connectivity index (χ4n) is 3.77. The van der Waals surface area contributed by atoms with E-state index in [0.717, 1.165) is 24.2 Å². The summed E-state index contributed by atoms with van der Waals surface area (Å²) in [6.45, 7) is 1.74. The second-order valence-corrected chi connectivity index (χ2v) is 9.03. The van der Waals surface area contributed by atoms with Crippen molar-refractivity contribution in [3.8, 4) is 0 Å². The van der Waals surface area contributed by atoms with Gasteiger partial charge in [-0.2, -0.15) is 0 Å². The van der Waals surface area contributed by atoms with Gasteiger partial charge in [0.15, 0.2) is 0 Å². The van der Waals surface area contributed by atoms with Gasteiger partial charge >= 0.3 is 11.9 Å². The number of amides is 1. The summed E-state index contributed by atoms with van der Waals surface area (Å²) in [4.78, 5) is 38.3. The number of unbranched alkanes of at least 4 members (excludes halogenated alkanes) is 7. The van der Waals surface area contributed by atoms with Gasteiger partial charge in [0, 0.05) is 10.6 Å². The Balaban J connectivity index is 0.00000512. The van der Waals surface area contributed by atoms with E-state index in [2.05, 4.69) is 12.2 Å². The van der Waals surface area contributed by atoms with E-state index < -0.39 is 36.5 Å². The fraction of sp³-hybridized carbons (Fsp3) is 0.609. The third-order valence-electron chi connectivity index (χ3n) is 5.47. The number of carbonyl (C=O) groups excluding carboxylic acids is 1. The van der Waals surface area contributed by atoms with Crippen LogP contribution in [0.5, 0.6) is 0 Å². The summed E-state index contributed by atoms with van der Waals surface area (Å²) in [5.41, 5.74) is 0.555. The lowest BCUT2D eigenvalue weighted by Gasteiger charge is -2.26. The van der Waals surface area contributed by atoms with Gasteiger partial charge in [-0.1, -0.05) is 70.4 Å². The van der Waals surface area contributed by atoms with E-state index >= 15 is 0 Å². The van der Waals surface area contributed by atoms with E-state index in [1.165, 1.54) is 48.8 Å². The zero-order valence-electron chi connectivity index (χ0n) is 18.6. The summed E-state index contributed by atoms with van der Waals surface area (Å²) in [6, 6.07) is 5.58. The number of rotatable bonds is 14. The lowest BCUT2D eigenvalue weighted by atomic mass is 10.0. The summed E-state index contributed by atoms with van der Waals surface area (Å²) in [7, 11) is 0. The summed E-state index contributed by atoms with van der Waals surface area (Å²) < 4.78 is 0. The average molecular weight is 487 g/mol. The molecule has 180 valence electrons. The van der Waals surface area contributed by atoms with Gasteiger partial charge in [-0.05, 0) is 18.6 Å². The maximum absolute atomic E-state index is 13.1. The van der Waals surface area contributed by atoms with Gasteiger partial charge < -0.3 is 10.2 Å². The molecule has 9 heteroatoms. The third-order valence-corrected chi connectivity index (χ3v) is 6.62. The highest BCUT2D eigenvalue weighted by Gasteiger charge is 2.34.